The van der Waals surface area contributed by atoms with Crippen molar-refractivity contribution in [3.05, 3.63) is 59.7 Å². The van der Waals surface area contributed by atoms with Crippen LogP contribution >= 0.6 is 0 Å². The molecule has 1 amide bonds. The van der Waals surface area contributed by atoms with Gasteiger partial charge in [0.25, 0.3) is 5.91 Å². The van der Waals surface area contributed by atoms with Crippen LogP contribution in [0.25, 0.3) is 0 Å². The predicted molar refractivity (Wildman–Crippen MR) is 94.2 cm³/mol. The van der Waals surface area contributed by atoms with Crippen LogP contribution in [0.3, 0.4) is 0 Å². The van der Waals surface area contributed by atoms with Gasteiger partial charge in [-0.1, -0.05) is 12.1 Å². The van der Waals surface area contributed by atoms with Gasteiger partial charge in [0, 0.05) is 22.9 Å². The monoisotopic (exact) mass is 358 g/mol. The van der Waals surface area contributed by atoms with E-state index in [1.165, 1.54) is 31.2 Å². The molecule has 0 bridgehead atoms. The Labute approximate surface area is 146 Å². The van der Waals surface area contributed by atoms with Gasteiger partial charge in [-0.15, -0.1) is 0 Å². The summed E-state index contributed by atoms with van der Waals surface area (Å²) in [5.41, 5.74) is 1.34. The van der Waals surface area contributed by atoms with Crippen molar-refractivity contribution in [2.24, 2.45) is 0 Å². The molecular formula is C18H18N2O4S. The number of ketones is 1. The van der Waals surface area contributed by atoms with Gasteiger partial charge in [-0.05, 0) is 56.2 Å². The summed E-state index contributed by atoms with van der Waals surface area (Å²) in [5.74, 6) is -0.464. The first-order chi connectivity index (χ1) is 11.8. The van der Waals surface area contributed by atoms with E-state index in [1.54, 1.807) is 24.3 Å². The number of anilines is 1. The number of rotatable bonds is 6. The van der Waals surface area contributed by atoms with Crippen LogP contribution in [-0.4, -0.2) is 26.2 Å². The molecule has 0 radical (unpaired) electrons. The maximum absolute atomic E-state index is 12.3. The highest BCUT2D eigenvalue weighted by Crippen LogP contribution is 2.22. The summed E-state index contributed by atoms with van der Waals surface area (Å²) in [4.78, 5) is 23.8. The van der Waals surface area contributed by atoms with Crippen molar-refractivity contribution in [1.29, 1.82) is 0 Å². The Balaban J connectivity index is 1.72. The summed E-state index contributed by atoms with van der Waals surface area (Å²) in [7, 11) is -3.53. The lowest BCUT2D eigenvalue weighted by molar-refractivity contribution is 0.101. The summed E-state index contributed by atoms with van der Waals surface area (Å²) in [5, 5.41) is 2.70. The molecule has 0 spiro atoms. The van der Waals surface area contributed by atoms with Gasteiger partial charge < -0.3 is 5.32 Å². The van der Waals surface area contributed by atoms with E-state index in [0.29, 0.717) is 16.8 Å². The quantitative estimate of drug-likeness (QED) is 0.776. The van der Waals surface area contributed by atoms with Gasteiger partial charge in [-0.25, -0.2) is 13.1 Å². The van der Waals surface area contributed by atoms with E-state index in [9.17, 15) is 18.0 Å². The number of amides is 1. The number of carbonyl (C=O) groups excluding carboxylic acids is 2. The summed E-state index contributed by atoms with van der Waals surface area (Å²) >= 11 is 0. The van der Waals surface area contributed by atoms with Gasteiger partial charge >= 0.3 is 0 Å². The molecule has 2 aromatic carbocycles. The highest BCUT2D eigenvalue weighted by Gasteiger charge is 2.27. The maximum atomic E-state index is 12.3. The van der Waals surface area contributed by atoms with E-state index in [-0.39, 0.29) is 22.6 Å². The molecule has 7 heteroatoms. The Bertz CT molecular complexity index is 916. The second-order valence-corrected chi connectivity index (χ2v) is 7.73. The Morgan fingerprint density at radius 1 is 1.00 bits per heavy atom. The molecule has 0 atom stereocenters. The lowest BCUT2D eigenvalue weighted by atomic mass is 10.1. The Morgan fingerprint density at radius 3 is 2.28 bits per heavy atom. The van der Waals surface area contributed by atoms with Crippen molar-refractivity contribution in [3.63, 3.8) is 0 Å². The minimum absolute atomic E-state index is 0.0292. The smallest absolute Gasteiger partial charge is 0.255 e. The van der Waals surface area contributed by atoms with Crippen LogP contribution in [0.1, 0.15) is 40.5 Å². The van der Waals surface area contributed by atoms with Gasteiger partial charge in [0.15, 0.2) is 5.78 Å². The van der Waals surface area contributed by atoms with Crippen LogP contribution in [0.15, 0.2) is 53.4 Å². The first-order valence-corrected chi connectivity index (χ1v) is 9.38. The molecule has 2 aromatic rings. The Hall–Kier alpha value is -2.51. The minimum atomic E-state index is -3.53. The molecule has 0 aromatic heterocycles. The first kappa shape index (κ1) is 17.3. The van der Waals surface area contributed by atoms with Gasteiger partial charge in [0.2, 0.25) is 10.0 Å². The molecule has 1 aliphatic rings. The maximum Gasteiger partial charge on any atom is 0.255 e. The first-order valence-electron chi connectivity index (χ1n) is 7.90. The SMILES string of the molecule is CC(=O)c1cccc(NC(=O)c2ccc(S(=O)(=O)NC3CC3)cc2)c1. The van der Waals surface area contributed by atoms with Crippen molar-refractivity contribution in [2.75, 3.05) is 5.32 Å². The molecule has 3 rings (SSSR count). The highest BCUT2D eigenvalue weighted by molar-refractivity contribution is 7.89. The third-order valence-electron chi connectivity index (χ3n) is 3.85. The van der Waals surface area contributed by atoms with Crippen LogP contribution in [0, 0.1) is 0 Å². The summed E-state index contributed by atoms with van der Waals surface area (Å²) in [6.07, 6.45) is 1.72. The molecule has 1 saturated carbocycles. The zero-order valence-corrected chi connectivity index (χ0v) is 14.5. The zero-order valence-electron chi connectivity index (χ0n) is 13.7. The largest absolute Gasteiger partial charge is 0.322 e. The molecule has 1 aliphatic carbocycles. The molecule has 130 valence electrons. The van der Waals surface area contributed by atoms with E-state index in [2.05, 4.69) is 10.0 Å². The van der Waals surface area contributed by atoms with Crippen molar-refractivity contribution in [1.82, 2.24) is 4.72 Å². The number of sulfonamides is 1. The van der Waals surface area contributed by atoms with Crippen LogP contribution in [-0.2, 0) is 10.0 Å². The number of benzene rings is 2. The fraction of sp³-hybridized carbons (Fsp3) is 0.222. The average molecular weight is 358 g/mol. The van der Waals surface area contributed by atoms with Crippen LogP contribution in [0.5, 0.6) is 0 Å². The number of nitrogens with one attached hydrogen (secondary N) is 2. The Kier molecular flexibility index (Phi) is 4.69. The second-order valence-electron chi connectivity index (χ2n) is 6.01. The van der Waals surface area contributed by atoms with E-state index < -0.39 is 10.0 Å². The highest BCUT2D eigenvalue weighted by atomic mass is 32.2. The third kappa shape index (κ3) is 4.32. The van der Waals surface area contributed by atoms with Crippen LogP contribution in [0.2, 0.25) is 0 Å². The molecular weight excluding hydrogens is 340 g/mol. The molecule has 25 heavy (non-hydrogen) atoms. The van der Waals surface area contributed by atoms with E-state index in [1.807, 2.05) is 0 Å². The third-order valence-corrected chi connectivity index (χ3v) is 5.39. The second kappa shape index (κ2) is 6.78. The topological polar surface area (TPSA) is 92.3 Å². The summed E-state index contributed by atoms with van der Waals surface area (Å²) in [6, 6.07) is 12.4. The van der Waals surface area contributed by atoms with E-state index in [0.717, 1.165) is 12.8 Å². The summed E-state index contributed by atoms with van der Waals surface area (Å²) < 4.78 is 26.8. The Morgan fingerprint density at radius 2 is 1.68 bits per heavy atom. The molecule has 0 unspecified atom stereocenters. The van der Waals surface area contributed by atoms with Gasteiger partial charge in [-0.3, -0.25) is 9.59 Å². The van der Waals surface area contributed by atoms with Crippen molar-refractivity contribution < 1.29 is 18.0 Å². The van der Waals surface area contributed by atoms with Crippen LogP contribution < -0.4 is 10.0 Å². The molecule has 2 N–H and O–H groups in total. The van der Waals surface area contributed by atoms with Crippen molar-refractivity contribution in [3.8, 4) is 0 Å². The number of hydrogen-bond acceptors (Lipinski definition) is 4. The fourth-order valence-electron chi connectivity index (χ4n) is 2.29. The van der Waals surface area contributed by atoms with Crippen LogP contribution in [0.4, 0.5) is 5.69 Å². The number of hydrogen-bond donors (Lipinski definition) is 2. The van der Waals surface area contributed by atoms with Gasteiger partial charge in [-0.2, -0.15) is 0 Å². The van der Waals surface area contributed by atoms with Gasteiger partial charge in [0.1, 0.15) is 0 Å². The molecule has 0 aliphatic heterocycles. The zero-order chi connectivity index (χ0) is 18.0. The molecule has 0 saturated heterocycles. The number of carbonyl (C=O) groups is 2. The molecule has 0 heterocycles. The normalized spacial score (nSPS) is 14.1. The molecule has 6 nitrogen and oxygen atoms in total. The minimum Gasteiger partial charge on any atom is -0.322 e. The van der Waals surface area contributed by atoms with E-state index in [4.69, 9.17) is 0 Å². The number of Topliss-reactive ketones (excluding diaryl/α,β-unsaturated/α-hetero) is 1. The molecule has 1 fully saturated rings. The lowest BCUT2D eigenvalue weighted by Gasteiger charge is -2.08. The van der Waals surface area contributed by atoms with E-state index >= 15 is 0 Å². The van der Waals surface area contributed by atoms with Crippen molar-refractivity contribution >= 4 is 27.4 Å². The lowest BCUT2D eigenvalue weighted by Crippen LogP contribution is -2.25. The van der Waals surface area contributed by atoms with Gasteiger partial charge in [0.05, 0.1) is 4.90 Å². The average Bonchev–Trinajstić information content (AvgIpc) is 3.38. The predicted octanol–water partition coefficient (Wildman–Crippen LogP) is 2.58. The summed E-state index contributed by atoms with van der Waals surface area (Å²) in [6.45, 7) is 1.45. The fourth-order valence-corrected chi connectivity index (χ4v) is 3.60. The standard InChI is InChI=1S/C18H18N2O4S/c1-12(21)14-3-2-4-16(11-14)19-18(22)13-5-9-17(10-6-13)25(23,24)20-15-7-8-15/h2-6,9-11,15,20H,7-8H2,1H3,(H,19,22). The van der Waals surface area contributed by atoms with Crippen molar-refractivity contribution in [2.45, 2.75) is 30.7 Å².